The molecule has 0 aliphatic rings. The highest BCUT2D eigenvalue weighted by molar-refractivity contribution is 5.71. The molecule has 0 saturated heterocycles. The normalized spacial score (nSPS) is 10.7. The summed E-state index contributed by atoms with van der Waals surface area (Å²) in [4.78, 5) is 0. The van der Waals surface area contributed by atoms with Crippen LogP contribution in [0.25, 0.3) is 22.3 Å². The first kappa shape index (κ1) is 16.3. The van der Waals surface area contributed by atoms with Crippen molar-refractivity contribution in [3.05, 3.63) is 78.4 Å². The minimum Gasteiger partial charge on any atom is -0.399 e. The smallest absolute Gasteiger partial charge is 0.0314 e. The van der Waals surface area contributed by atoms with Gasteiger partial charge >= 0.3 is 0 Å². The summed E-state index contributed by atoms with van der Waals surface area (Å²) in [5.41, 5.74) is 12.9. The molecule has 0 heterocycles. The zero-order valence-corrected chi connectivity index (χ0v) is 14.3. The van der Waals surface area contributed by atoms with Crippen LogP contribution in [0.1, 0.15) is 31.7 Å². The predicted molar refractivity (Wildman–Crippen MR) is 105 cm³/mol. The number of anilines is 1. The van der Waals surface area contributed by atoms with Crippen LogP contribution in [0.4, 0.5) is 5.69 Å². The molecule has 0 spiro atoms. The van der Waals surface area contributed by atoms with Crippen LogP contribution in [-0.4, -0.2) is 0 Å². The lowest BCUT2D eigenvalue weighted by molar-refractivity contribution is 0.717. The largest absolute Gasteiger partial charge is 0.399 e. The molecule has 1 heteroatoms. The van der Waals surface area contributed by atoms with Crippen molar-refractivity contribution in [2.45, 2.75) is 32.6 Å². The second-order valence-electron chi connectivity index (χ2n) is 6.35. The van der Waals surface area contributed by atoms with E-state index in [0.717, 1.165) is 5.69 Å². The number of benzene rings is 3. The second kappa shape index (κ2) is 7.83. The van der Waals surface area contributed by atoms with E-state index in [1.165, 1.54) is 53.5 Å². The van der Waals surface area contributed by atoms with E-state index in [4.69, 9.17) is 5.73 Å². The third-order valence-corrected chi connectivity index (χ3v) is 4.49. The van der Waals surface area contributed by atoms with E-state index in [9.17, 15) is 0 Å². The SMILES string of the molecule is CCCCCc1ccc(-c2ccc(-c3ccc(N)cc3)cc2)cc1. The van der Waals surface area contributed by atoms with Crippen LogP contribution in [-0.2, 0) is 6.42 Å². The van der Waals surface area contributed by atoms with Crippen LogP contribution >= 0.6 is 0 Å². The molecule has 24 heavy (non-hydrogen) atoms. The molecule has 0 amide bonds. The fraction of sp³-hybridized carbons (Fsp3) is 0.217. The molecule has 3 aromatic carbocycles. The van der Waals surface area contributed by atoms with E-state index in [1.54, 1.807) is 0 Å². The van der Waals surface area contributed by atoms with Gasteiger partial charge in [0.15, 0.2) is 0 Å². The van der Waals surface area contributed by atoms with Gasteiger partial charge in [-0.15, -0.1) is 0 Å². The van der Waals surface area contributed by atoms with Crippen LogP contribution < -0.4 is 5.73 Å². The predicted octanol–water partition coefficient (Wildman–Crippen LogP) is 6.34. The van der Waals surface area contributed by atoms with E-state index < -0.39 is 0 Å². The quantitative estimate of drug-likeness (QED) is 0.417. The second-order valence-corrected chi connectivity index (χ2v) is 6.35. The molecule has 3 aromatic rings. The monoisotopic (exact) mass is 315 g/mol. The minimum absolute atomic E-state index is 0.800. The Morgan fingerprint density at radius 3 is 1.46 bits per heavy atom. The molecule has 0 bridgehead atoms. The first-order valence-corrected chi connectivity index (χ1v) is 8.81. The van der Waals surface area contributed by atoms with Gasteiger partial charge in [-0.2, -0.15) is 0 Å². The van der Waals surface area contributed by atoms with Crippen molar-refractivity contribution in [1.29, 1.82) is 0 Å². The van der Waals surface area contributed by atoms with E-state index in [1.807, 2.05) is 12.1 Å². The first-order valence-electron chi connectivity index (χ1n) is 8.81. The molecule has 122 valence electrons. The maximum atomic E-state index is 5.76. The Hall–Kier alpha value is -2.54. The maximum absolute atomic E-state index is 5.76. The highest BCUT2D eigenvalue weighted by atomic mass is 14.5. The number of nitrogen functional groups attached to an aromatic ring is 1. The third-order valence-electron chi connectivity index (χ3n) is 4.49. The summed E-state index contributed by atoms with van der Waals surface area (Å²) in [7, 11) is 0. The fourth-order valence-corrected chi connectivity index (χ4v) is 2.97. The fourth-order valence-electron chi connectivity index (χ4n) is 2.97. The molecule has 1 nitrogen and oxygen atoms in total. The molecule has 0 aliphatic heterocycles. The topological polar surface area (TPSA) is 26.0 Å². The van der Waals surface area contributed by atoms with Gasteiger partial charge in [0.2, 0.25) is 0 Å². The average molecular weight is 315 g/mol. The molecule has 0 saturated carbocycles. The van der Waals surface area contributed by atoms with Gasteiger partial charge in [-0.05, 0) is 52.8 Å². The van der Waals surface area contributed by atoms with E-state index >= 15 is 0 Å². The first-order chi connectivity index (χ1) is 11.8. The molecule has 2 N–H and O–H groups in total. The van der Waals surface area contributed by atoms with Crippen LogP contribution in [0.2, 0.25) is 0 Å². The van der Waals surface area contributed by atoms with Gasteiger partial charge in [0.1, 0.15) is 0 Å². The molecular formula is C23H25N. The molecular weight excluding hydrogens is 290 g/mol. The van der Waals surface area contributed by atoms with Gasteiger partial charge in [-0.1, -0.05) is 80.4 Å². The van der Waals surface area contributed by atoms with Crippen molar-refractivity contribution in [3.8, 4) is 22.3 Å². The third kappa shape index (κ3) is 4.05. The number of hydrogen-bond donors (Lipinski definition) is 1. The summed E-state index contributed by atoms with van der Waals surface area (Å²) in [5, 5.41) is 0. The van der Waals surface area contributed by atoms with Crippen LogP contribution in [0.3, 0.4) is 0 Å². The van der Waals surface area contributed by atoms with Crippen molar-refractivity contribution in [1.82, 2.24) is 0 Å². The van der Waals surface area contributed by atoms with Gasteiger partial charge in [-0.3, -0.25) is 0 Å². The number of unbranched alkanes of at least 4 members (excludes halogenated alkanes) is 2. The number of nitrogens with two attached hydrogens (primary N) is 1. The van der Waals surface area contributed by atoms with Crippen molar-refractivity contribution in [2.24, 2.45) is 0 Å². The van der Waals surface area contributed by atoms with Gasteiger partial charge in [-0.25, -0.2) is 0 Å². The summed E-state index contributed by atoms with van der Waals surface area (Å²) in [6.07, 6.45) is 5.06. The van der Waals surface area contributed by atoms with Crippen LogP contribution in [0, 0.1) is 0 Å². The molecule has 0 aromatic heterocycles. The highest BCUT2D eigenvalue weighted by Crippen LogP contribution is 2.26. The van der Waals surface area contributed by atoms with Crippen LogP contribution in [0.5, 0.6) is 0 Å². The van der Waals surface area contributed by atoms with Crippen molar-refractivity contribution < 1.29 is 0 Å². The number of aryl methyl sites for hydroxylation is 1. The molecule has 3 rings (SSSR count). The van der Waals surface area contributed by atoms with Crippen LogP contribution in [0.15, 0.2) is 72.8 Å². The van der Waals surface area contributed by atoms with Crippen molar-refractivity contribution in [2.75, 3.05) is 5.73 Å². The number of rotatable bonds is 6. The molecule has 0 radical (unpaired) electrons. The Morgan fingerprint density at radius 2 is 1.00 bits per heavy atom. The summed E-state index contributed by atoms with van der Waals surface area (Å²) < 4.78 is 0. The molecule has 0 fully saturated rings. The summed E-state index contributed by atoms with van der Waals surface area (Å²) in [5.74, 6) is 0. The lowest BCUT2D eigenvalue weighted by Gasteiger charge is -2.07. The van der Waals surface area contributed by atoms with Crippen molar-refractivity contribution >= 4 is 5.69 Å². The minimum atomic E-state index is 0.800. The summed E-state index contributed by atoms with van der Waals surface area (Å²) in [6.45, 7) is 2.25. The highest BCUT2D eigenvalue weighted by Gasteiger charge is 2.01. The van der Waals surface area contributed by atoms with Gasteiger partial charge in [0, 0.05) is 5.69 Å². The Kier molecular flexibility index (Phi) is 5.32. The Bertz CT molecular complexity index is 753. The van der Waals surface area contributed by atoms with E-state index in [0.29, 0.717) is 0 Å². The molecule has 0 atom stereocenters. The summed E-state index contributed by atoms with van der Waals surface area (Å²) in [6, 6.07) is 25.8. The maximum Gasteiger partial charge on any atom is 0.0314 e. The zero-order valence-electron chi connectivity index (χ0n) is 14.3. The number of hydrogen-bond acceptors (Lipinski definition) is 1. The standard InChI is InChI=1S/C23H25N/c1-2-3-4-5-18-6-8-19(9-7-18)20-10-12-21(13-11-20)22-14-16-23(24)17-15-22/h6-17H,2-5,24H2,1H3. The van der Waals surface area contributed by atoms with E-state index in [-0.39, 0.29) is 0 Å². The zero-order chi connectivity index (χ0) is 16.8. The summed E-state index contributed by atoms with van der Waals surface area (Å²) >= 11 is 0. The lowest BCUT2D eigenvalue weighted by Crippen LogP contribution is -1.86. The van der Waals surface area contributed by atoms with Crippen molar-refractivity contribution in [3.63, 3.8) is 0 Å². The average Bonchev–Trinajstić information content (AvgIpc) is 2.63. The van der Waals surface area contributed by atoms with Gasteiger partial charge < -0.3 is 5.73 Å². The Morgan fingerprint density at radius 1 is 0.583 bits per heavy atom. The molecule has 0 aliphatic carbocycles. The Labute approximate surface area is 145 Å². The molecule has 0 unspecified atom stereocenters. The van der Waals surface area contributed by atoms with Gasteiger partial charge in [0.25, 0.3) is 0 Å². The lowest BCUT2D eigenvalue weighted by atomic mass is 9.98. The van der Waals surface area contributed by atoms with Gasteiger partial charge in [0.05, 0.1) is 0 Å². The Balaban J connectivity index is 1.72. The van der Waals surface area contributed by atoms with E-state index in [2.05, 4.69) is 67.6 Å².